The van der Waals surface area contributed by atoms with Gasteiger partial charge in [0.25, 0.3) is 0 Å². The summed E-state index contributed by atoms with van der Waals surface area (Å²) in [5.41, 5.74) is 0.131. The Balaban J connectivity index is 2.81. The fourth-order valence-electron chi connectivity index (χ4n) is 1.04. The summed E-state index contributed by atoms with van der Waals surface area (Å²) in [4.78, 5) is 0. The molecule has 0 atom stereocenters. The van der Waals surface area contributed by atoms with E-state index < -0.39 is 11.6 Å². The first-order chi connectivity index (χ1) is 7.40. The minimum atomic E-state index is -0.686. The molecule has 0 spiro atoms. The van der Waals surface area contributed by atoms with Crippen molar-refractivity contribution in [2.24, 2.45) is 0 Å². The molecule has 1 aromatic carbocycles. The average molecular weight is 309 g/mol. The molecule has 2 nitrogen and oxygen atoms in total. The molecule has 0 unspecified atom stereocenters. The highest BCUT2D eigenvalue weighted by Crippen LogP contribution is 2.23. The van der Waals surface area contributed by atoms with E-state index in [1.54, 1.807) is 0 Å². The number of hydrogen-bond donors (Lipinski definition) is 2. The van der Waals surface area contributed by atoms with E-state index in [0.29, 0.717) is 5.11 Å². The van der Waals surface area contributed by atoms with E-state index in [-0.39, 0.29) is 16.2 Å². The van der Waals surface area contributed by atoms with E-state index in [1.807, 2.05) is 13.8 Å². The number of hydrogen-bond acceptors (Lipinski definition) is 1. The van der Waals surface area contributed by atoms with Crippen LogP contribution >= 0.6 is 28.1 Å². The largest absolute Gasteiger partial charge is 0.360 e. The average Bonchev–Trinajstić information content (AvgIpc) is 2.12. The highest BCUT2D eigenvalue weighted by Gasteiger charge is 2.09. The summed E-state index contributed by atoms with van der Waals surface area (Å²) in [5, 5.41) is 5.85. The summed E-state index contributed by atoms with van der Waals surface area (Å²) in [6.45, 7) is 3.82. The lowest BCUT2D eigenvalue weighted by Gasteiger charge is -2.13. The SMILES string of the molecule is CC(C)NC(=S)Nc1cc(Br)c(F)cc1F. The van der Waals surface area contributed by atoms with Crippen molar-refractivity contribution in [1.29, 1.82) is 0 Å². The van der Waals surface area contributed by atoms with Gasteiger partial charge in [-0.2, -0.15) is 0 Å². The molecule has 0 saturated carbocycles. The third-order valence-corrected chi connectivity index (χ3v) is 2.51. The van der Waals surface area contributed by atoms with Gasteiger partial charge in [-0.3, -0.25) is 0 Å². The minimum absolute atomic E-state index is 0.131. The van der Waals surface area contributed by atoms with Crippen molar-refractivity contribution in [2.75, 3.05) is 5.32 Å². The molecule has 0 saturated heterocycles. The molecule has 2 N–H and O–H groups in total. The molecule has 0 amide bonds. The summed E-state index contributed by atoms with van der Waals surface area (Å²) in [7, 11) is 0. The van der Waals surface area contributed by atoms with E-state index in [2.05, 4.69) is 26.6 Å². The Morgan fingerprint density at radius 2 is 1.94 bits per heavy atom. The Labute approximate surface area is 107 Å². The highest BCUT2D eigenvalue weighted by molar-refractivity contribution is 9.10. The van der Waals surface area contributed by atoms with Gasteiger partial charge in [0.05, 0.1) is 10.2 Å². The van der Waals surface area contributed by atoms with Crippen molar-refractivity contribution in [3.05, 3.63) is 28.2 Å². The third-order valence-electron chi connectivity index (χ3n) is 1.68. The fourth-order valence-corrected chi connectivity index (χ4v) is 1.73. The van der Waals surface area contributed by atoms with Crippen molar-refractivity contribution in [2.45, 2.75) is 19.9 Å². The van der Waals surface area contributed by atoms with E-state index >= 15 is 0 Å². The van der Waals surface area contributed by atoms with Gasteiger partial charge < -0.3 is 10.6 Å². The van der Waals surface area contributed by atoms with Gasteiger partial charge in [-0.15, -0.1) is 0 Å². The van der Waals surface area contributed by atoms with Crippen LogP contribution in [-0.2, 0) is 0 Å². The molecule has 1 rings (SSSR count). The van der Waals surface area contributed by atoms with Crippen LogP contribution in [0.5, 0.6) is 0 Å². The van der Waals surface area contributed by atoms with Crippen molar-refractivity contribution >= 4 is 38.9 Å². The standard InChI is InChI=1S/C10H11BrF2N2S/c1-5(2)14-10(16)15-9-3-6(11)7(12)4-8(9)13/h3-5H,1-2H3,(H2,14,15,16). The highest BCUT2D eigenvalue weighted by atomic mass is 79.9. The molecular weight excluding hydrogens is 298 g/mol. The molecule has 0 aliphatic heterocycles. The lowest BCUT2D eigenvalue weighted by Crippen LogP contribution is -2.34. The number of rotatable bonds is 2. The monoisotopic (exact) mass is 308 g/mol. The van der Waals surface area contributed by atoms with Gasteiger partial charge in [0.2, 0.25) is 0 Å². The predicted molar refractivity (Wildman–Crippen MR) is 68.6 cm³/mol. The maximum Gasteiger partial charge on any atom is 0.171 e. The quantitative estimate of drug-likeness (QED) is 0.646. The topological polar surface area (TPSA) is 24.1 Å². The fraction of sp³-hybridized carbons (Fsp3) is 0.300. The maximum atomic E-state index is 13.3. The van der Waals surface area contributed by atoms with Gasteiger partial charge in [-0.25, -0.2) is 8.78 Å². The van der Waals surface area contributed by atoms with E-state index in [0.717, 1.165) is 6.07 Å². The van der Waals surface area contributed by atoms with Crippen LogP contribution in [0.4, 0.5) is 14.5 Å². The molecule has 6 heteroatoms. The zero-order valence-electron chi connectivity index (χ0n) is 8.77. The molecule has 0 aliphatic carbocycles. The van der Waals surface area contributed by atoms with Crippen LogP contribution in [0.1, 0.15) is 13.8 Å². The van der Waals surface area contributed by atoms with Gasteiger partial charge in [-0.05, 0) is 48.1 Å². The zero-order chi connectivity index (χ0) is 12.3. The summed E-state index contributed by atoms with van der Waals surface area (Å²) in [6.07, 6.45) is 0. The second kappa shape index (κ2) is 5.54. The van der Waals surface area contributed by atoms with Crippen LogP contribution in [0.2, 0.25) is 0 Å². The predicted octanol–water partition coefficient (Wildman–Crippen LogP) is 3.42. The first-order valence-corrected chi connectivity index (χ1v) is 5.82. The zero-order valence-corrected chi connectivity index (χ0v) is 11.2. The number of nitrogens with one attached hydrogen (secondary N) is 2. The molecule has 1 aromatic rings. The third kappa shape index (κ3) is 3.68. The van der Waals surface area contributed by atoms with Gasteiger partial charge in [-0.1, -0.05) is 0 Å². The molecule has 88 valence electrons. The van der Waals surface area contributed by atoms with Crippen LogP contribution in [0, 0.1) is 11.6 Å². The normalized spacial score (nSPS) is 10.4. The molecule has 0 heterocycles. The van der Waals surface area contributed by atoms with Crippen LogP contribution in [-0.4, -0.2) is 11.2 Å². The second-order valence-corrected chi connectivity index (χ2v) is 4.76. The Hall–Kier alpha value is -0.750. The van der Waals surface area contributed by atoms with E-state index in [9.17, 15) is 8.78 Å². The number of halogens is 3. The van der Waals surface area contributed by atoms with E-state index in [1.165, 1.54) is 6.07 Å². The lowest BCUT2D eigenvalue weighted by atomic mass is 10.3. The smallest absolute Gasteiger partial charge is 0.171 e. The molecule has 0 radical (unpaired) electrons. The van der Waals surface area contributed by atoms with Crippen molar-refractivity contribution in [3.8, 4) is 0 Å². The number of thiocarbonyl (C=S) groups is 1. The van der Waals surface area contributed by atoms with Crippen molar-refractivity contribution in [1.82, 2.24) is 5.32 Å². The Kier molecular flexibility index (Phi) is 4.61. The summed E-state index contributed by atoms with van der Waals surface area (Å²) in [6, 6.07) is 2.25. The Morgan fingerprint density at radius 1 is 1.31 bits per heavy atom. The van der Waals surface area contributed by atoms with Gasteiger partial charge in [0, 0.05) is 12.1 Å². The number of anilines is 1. The molecule has 0 aromatic heterocycles. The Morgan fingerprint density at radius 3 is 2.50 bits per heavy atom. The van der Waals surface area contributed by atoms with Crippen LogP contribution in [0.15, 0.2) is 16.6 Å². The van der Waals surface area contributed by atoms with E-state index in [4.69, 9.17) is 12.2 Å². The second-order valence-electron chi connectivity index (χ2n) is 3.50. The van der Waals surface area contributed by atoms with Crippen LogP contribution in [0.3, 0.4) is 0 Å². The summed E-state index contributed by atoms with van der Waals surface area (Å²) < 4.78 is 26.4. The summed E-state index contributed by atoms with van der Waals surface area (Å²) >= 11 is 7.93. The van der Waals surface area contributed by atoms with Crippen molar-refractivity contribution in [3.63, 3.8) is 0 Å². The van der Waals surface area contributed by atoms with Crippen LogP contribution < -0.4 is 10.6 Å². The van der Waals surface area contributed by atoms with Crippen molar-refractivity contribution < 1.29 is 8.78 Å². The Bertz CT molecular complexity index is 410. The van der Waals surface area contributed by atoms with Gasteiger partial charge >= 0.3 is 0 Å². The summed E-state index contributed by atoms with van der Waals surface area (Å²) in [5.74, 6) is -1.33. The minimum Gasteiger partial charge on any atom is -0.360 e. The first-order valence-electron chi connectivity index (χ1n) is 4.62. The van der Waals surface area contributed by atoms with Gasteiger partial charge in [0.15, 0.2) is 5.11 Å². The lowest BCUT2D eigenvalue weighted by molar-refractivity contribution is 0.581. The molecular formula is C10H11BrF2N2S. The molecule has 0 bridgehead atoms. The maximum absolute atomic E-state index is 13.3. The van der Waals surface area contributed by atoms with Gasteiger partial charge in [0.1, 0.15) is 11.6 Å². The molecule has 0 fully saturated rings. The molecule has 16 heavy (non-hydrogen) atoms. The molecule has 0 aliphatic rings. The first kappa shape index (κ1) is 13.3. The van der Waals surface area contributed by atoms with Crippen LogP contribution in [0.25, 0.3) is 0 Å². The number of benzene rings is 1.